The Kier molecular flexibility index (Phi) is 8.74. The maximum Gasteiger partial charge on any atom is 0.267 e. The highest BCUT2D eigenvalue weighted by molar-refractivity contribution is 7.12. The topological polar surface area (TPSA) is 131 Å². The highest BCUT2D eigenvalue weighted by Crippen LogP contribution is 2.26. The summed E-state index contributed by atoms with van der Waals surface area (Å²) >= 11 is 1.35. The number of methoxy groups -OCH3 is 1. The lowest BCUT2D eigenvalue weighted by atomic mass is 10.1. The largest absolute Gasteiger partial charge is 0.383 e. The molecule has 0 radical (unpaired) electrons. The molecule has 0 fully saturated rings. The monoisotopic (exact) mass is 518 g/mol. The summed E-state index contributed by atoms with van der Waals surface area (Å²) in [7, 11) is 1.54. The van der Waals surface area contributed by atoms with Gasteiger partial charge in [0.1, 0.15) is 4.88 Å². The van der Waals surface area contributed by atoms with Gasteiger partial charge in [0.2, 0.25) is 0 Å². The SMILES string of the molecule is COCCN=C(C[N+](=O)[O-])Nc1ccc(NC(=O)c2sccc2NCc2ccnc3ccccc23)cc1. The van der Waals surface area contributed by atoms with E-state index in [-0.39, 0.29) is 11.7 Å². The maximum absolute atomic E-state index is 13.0. The van der Waals surface area contributed by atoms with Gasteiger partial charge in [0.25, 0.3) is 12.5 Å². The van der Waals surface area contributed by atoms with Crippen molar-refractivity contribution in [1.29, 1.82) is 0 Å². The molecular weight excluding hydrogens is 492 g/mol. The lowest BCUT2D eigenvalue weighted by Crippen LogP contribution is -2.23. The minimum absolute atomic E-state index is 0.229. The van der Waals surface area contributed by atoms with Crippen LogP contribution in [0.3, 0.4) is 0 Å². The zero-order valence-electron chi connectivity index (χ0n) is 20.1. The molecule has 2 aromatic heterocycles. The number of rotatable bonds is 11. The summed E-state index contributed by atoms with van der Waals surface area (Å²) in [6.45, 7) is 0.812. The molecule has 0 spiro atoms. The highest BCUT2D eigenvalue weighted by Gasteiger charge is 2.14. The fourth-order valence-corrected chi connectivity index (χ4v) is 4.40. The number of nitrogens with one attached hydrogen (secondary N) is 3. The van der Waals surface area contributed by atoms with E-state index < -0.39 is 11.5 Å². The Morgan fingerprint density at radius 1 is 1.08 bits per heavy atom. The van der Waals surface area contributed by atoms with Crippen LogP contribution in [0.4, 0.5) is 17.1 Å². The number of amidine groups is 1. The van der Waals surface area contributed by atoms with Crippen molar-refractivity contribution in [3.05, 3.63) is 92.8 Å². The Morgan fingerprint density at radius 2 is 1.84 bits per heavy atom. The quantitative estimate of drug-likeness (QED) is 0.0847. The molecule has 2 aromatic carbocycles. The first-order valence-electron chi connectivity index (χ1n) is 11.5. The molecule has 11 heteroatoms. The van der Waals surface area contributed by atoms with Gasteiger partial charge >= 0.3 is 0 Å². The first-order chi connectivity index (χ1) is 18.0. The van der Waals surface area contributed by atoms with Gasteiger partial charge in [-0.2, -0.15) is 0 Å². The van der Waals surface area contributed by atoms with Crippen molar-refractivity contribution in [2.24, 2.45) is 4.99 Å². The van der Waals surface area contributed by atoms with Gasteiger partial charge in [-0.1, -0.05) is 18.2 Å². The third-order valence-electron chi connectivity index (χ3n) is 5.39. The first kappa shape index (κ1) is 25.7. The molecule has 0 atom stereocenters. The van der Waals surface area contributed by atoms with Crippen LogP contribution in [-0.4, -0.2) is 48.5 Å². The van der Waals surface area contributed by atoms with Gasteiger partial charge in [-0.25, -0.2) is 0 Å². The Bertz CT molecular complexity index is 1400. The molecule has 0 unspecified atom stereocenters. The van der Waals surface area contributed by atoms with Crippen molar-refractivity contribution in [3.63, 3.8) is 0 Å². The van der Waals surface area contributed by atoms with Crippen LogP contribution in [0.15, 0.2) is 77.2 Å². The number of nitro groups is 1. The van der Waals surface area contributed by atoms with Crippen LogP contribution in [0.5, 0.6) is 0 Å². The molecular formula is C26H26N6O4S. The van der Waals surface area contributed by atoms with Gasteiger partial charge in [-0.05, 0) is 53.4 Å². The van der Waals surface area contributed by atoms with Gasteiger partial charge in [-0.15, -0.1) is 11.3 Å². The molecule has 4 rings (SSSR count). The summed E-state index contributed by atoms with van der Waals surface area (Å²) in [6, 6.07) is 18.7. The van der Waals surface area contributed by atoms with E-state index in [1.807, 2.05) is 41.8 Å². The van der Waals surface area contributed by atoms with Crippen molar-refractivity contribution in [1.82, 2.24) is 4.98 Å². The number of amides is 1. The second kappa shape index (κ2) is 12.6. The molecule has 0 aliphatic carbocycles. The number of fused-ring (bicyclic) bond motifs is 1. The van der Waals surface area contributed by atoms with Crippen molar-refractivity contribution in [2.75, 3.05) is 42.8 Å². The van der Waals surface area contributed by atoms with E-state index >= 15 is 0 Å². The summed E-state index contributed by atoms with van der Waals surface area (Å²) in [4.78, 5) is 32.6. The zero-order chi connectivity index (χ0) is 26.0. The van der Waals surface area contributed by atoms with Gasteiger partial charge in [0.05, 0.1) is 24.4 Å². The molecule has 4 aromatic rings. The zero-order valence-corrected chi connectivity index (χ0v) is 21.0. The number of carbonyl (C=O) groups excluding carboxylic acids is 1. The van der Waals surface area contributed by atoms with Gasteiger partial charge in [0.15, 0.2) is 5.84 Å². The Balaban J connectivity index is 1.38. The number of pyridine rings is 1. The third kappa shape index (κ3) is 7.09. The van der Waals surface area contributed by atoms with Crippen molar-refractivity contribution < 1.29 is 14.5 Å². The molecule has 0 saturated heterocycles. The smallest absolute Gasteiger partial charge is 0.267 e. The number of nitrogens with zero attached hydrogens (tertiary/aromatic N) is 3. The predicted octanol–water partition coefficient (Wildman–Crippen LogP) is 4.89. The number of aromatic nitrogens is 1. The van der Waals surface area contributed by atoms with E-state index in [0.29, 0.717) is 35.9 Å². The summed E-state index contributed by atoms with van der Waals surface area (Å²) in [6.07, 6.45) is 1.78. The standard InChI is InChI=1S/C26H26N6O4S/c1-36-14-13-28-24(17-32(34)35)30-19-6-8-20(9-7-19)31-26(33)25-23(11-15-37-25)29-16-18-10-12-27-22-5-3-2-4-21(18)22/h2-12,15,29H,13-14,16-17H2,1H3,(H,28,30)(H,31,33). The molecule has 10 nitrogen and oxygen atoms in total. The van der Waals surface area contributed by atoms with E-state index in [4.69, 9.17) is 4.74 Å². The fraction of sp³-hybridized carbons (Fsp3) is 0.192. The Morgan fingerprint density at radius 3 is 2.59 bits per heavy atom. The molecule has 2 heterocycles. The van der Waals surface area contributed by atoms with Gasteiger partial charge in [-0.3, -0.25) is 24.9 Å². The van der Waals surface area contributed by atoms with Gasteiger partial charge in [0, 0.05) is 41.5 Å². The fourth-order valence-electron chi connectivity index (χ4n) is 3.64. The minimum Gasteiger partial charge on any atom is -0.383 e. The number of carbonyl (C=O) groups is 1. The van der Waals surface area contributed by atoms with E-state index in [1.54, 1.807) is 37.6 Å². The van der Waals surface area contributed by atoms with E-state index in [2.05, 4.69) is 25.9 Å². The molecule has 0 bridgehead atoms. The number of aliphatic imine (C=N–C) groups is 1. The molecule has 190 valence electrons. The maximum atomic E-state index is 13.0. The number of ether oxygens (including phenoxy) is 1. The van der Waals surface area contributed by atoms with Crippen LogP contribution in [0.25, 0.3) is 10.9 Å². The lowest BCUT2D eigenvalue weighted by Gasteiger charge is -2.11. The molecule has 3 N–H and O–H groups in total. The average Bonchev–Trinajstić information content (AvgIpc) is 3.37. The first-order valence-corrected chi connectivity index (χ1v) is 12.4. The van der Waals surface area contributed by atoms with Crippen molar-refractivity contribution >= 4 is 51.0 Å². The lowest BCUT2D eigenvalue weighted by molar-refractivity contribution is -0.463. The van der Waals surface area contributed by atoms with Crippen LogP contribution in [-0.2, 0) is 11.3 Å². The molecule has 1 amide bonds. The van der Waals surface area contributed by atoms with Crippen LogP contribution >= 0.6 is 11.3 Å². The number of para-hydroxylation sites is 1. The van der Waals surface area contributed by atoms with Crippen LogP contribution in [0.2, 0.25) is 0 Å². The second-order valence-electron chi connectivity index (χ2n) is 7.97. The second-order valence-corrected chi connectivity index (χ2v) is 8.89. The minimum atomic E-state index is -0.447. The normalized spacial score (nSPS) is 11.3. The Hall–Kier alpha value is -4.35. The van der Waals surface area contributed by atoms with Crippen molar-refractivity contribution in [2.45, 2.75) is 6.54 Å². The molecule has 0 aliphatic rings. The summed E-state index contributed by atoms with van der Waals surface area (Å²) in [5.74, 6) is 0.00285. The number of benzene rings is 2. The number of anilines is 3. The van der Waals surface area contributed by atoms with E-state index in [9.17, 15) is 14.9 Å². The average molecular weight is 519 g/mol. The van der Waals surface area contributed by atoms with Crippen LogP contribution < -0.4 is 16.0 Å². The summed E-state index contributed by atoms with van der Waals surface area (Å²) < 4.78 is 4.94. The van der Waals surface area contributed by atoms with Gasteiger partial charge < -0.3 is 20.7 Å². The summed E-state index contributed by atoms with van der Waals surface area (Å²) in [5, 5.41) is 23.1. The summed E-state index contributed by atoms with van der Waals surface area (Å²) in [5.41, 5.74) is 3.99. The number of hydrogen-bond donors (Lipinski definition) is 3. The van der Waals surface area contributed by atoms with Crippen molar-refractivity contribution in [3.8, 4) is 0 Å². The number of thiophene rings is 1. The number of hydrogen-bond acceptors (Lipinski definition) is 8. The molecule has 0 saturated carbocycles. The van der Waals surface area contributed by atoms with Crippen LogP contribution in [0, 0.1) is 10.1 Å². The van der Waals surface area contributed by atoms with Crippen LogP contribution in [0.1, 0.15) is 15.2 Å². The highest BCUT2D eigenvalue weighted by atomic mass is 32.1. The molecule has 37 heavy (non-hydrogen) atoms. The predicted molar refractivity (Wildman–Crippen MR) is 147 cm³/mol. The van der Waals surface area contributed by atoms with E-state index in [1.165, 1.54) is 11.3 Å². The van der Waals surface area contributed by atoms with E-state index in [0.717, 1.165) is 22.2 Å². The molecule has 0 aliphatic heterocycles. The Labute approximate surface area is 217 Å². The third-order valence-corrected chi connectivity index (χ3v) is 6.30.